The lowest BCUT2D eigenvalue weighted by Gasteiger charge is -2.26. The molecular weight excluding hydrogens is 380 g/mol. The molecule has 1 amide bonds. The van der Waals surface area contributed by atoms with Gasteiger partial charge in [-0.15, -0.1) is 0 Å². The quantitative estimate of drug-likeness (QED) is 0.487. The minimum atomic E-state index is 0.124. The third kappa shape index (κ3) is 6.17. The van der Waals surface area contributed by atoms with Crippen LogP contribution in [-0.4, -0.2) is 47.8 Å². The van der Waals surface area contributed by atoms with E-state index in [9.17, 15) is 4.79 Å². The van der Waals surface area contributed by atoms with Gasteiger partial charge in [-0.05, 0) is 30.2 Å². The van der Waals surface area contributed by atoms with Crippen molar-refractivity contribution in [1.29, 1.82) is 0 Å². The first-order chi connectivity index (χ1) is 14.2. The molecule has 150 valence electrons. The van der Waals surface area contributed by atoms with Crippen LogP contribution in [0.3, 0.4) is 0 Å². The monoisotopic (exact) mass is 406 g/mol. The molecule has 0 spiro atoms. The van der Waals surface area contributed by atoms with E-state index in [0.29, 0.717) is 32.1 Å². The molecule has 0 N–H and O–H groups in total. The fourth-order valence-electron chi connectivity index (χ4n) is 2.94. The van der Waals surface area contributed by atoms with Crippen LogP contribution in [0.4, 0.5) is 0 Å². The number of morpholine rings is 1. The number of carbonyl (C=O) groups is 1. The van der Waals surface area contributed by atoms with Crippen LogP contribution in [0.2, 0.25) is 0 Å². The second kappa shape index (κ2) is 10.8. The molecule has 1 saturated heterocycles. The lowest BCUT2D eigenvalue weighted by atomic mass is 10.0. The number of thioether (sulfide) groups is 1. The van der Waals surface area contributed by atoms with Crippen molar-refractivity contribution < 1.29 is 9.53 Å². The van der Waals surface area contributed by atoms with E-state index in [2.05, 4.69) is 6.58 Å². The molecule has 0 atom stereocenters. The maximum Gasteiger partial charge on any atom is 0.233 e. The lowest BCUT2D eigenvalue weighted by molar-refractivity contribution is -0.132. The van der Waals surface area contributed by atoms with Crippen LogP contribution in [0.25, 0.3) is 16.8 Å². The van der Waals surface area contributed by atoms with Gasteiger partial charge in [0.15, 0.2) is 0 Å². The number of benzene rings is 1. The van der Waals surface area contributed by atoms with E-state index in [-0.39, 0.29) is 5.91 Å². The molecule has 2 aromatic rings. The Balaban J connectivity index is 1.82. The zero-order valence-corrected chi connectivity index (χ0v) is 17.5. The fraction of sp³-hybridized carbons (Fsp3) is 0.250. The predicted molar refractivity (Wildman–Crippen MR) is 121 cm³/mol. The summed E-state index contributed by atoms with van der Waals surface area (Å²) in [5.74, 6) is 0.490. The first kappa shape index (κ1) is 21.1. The second-order valence-electron chi connectivity index (χ2n) is 6.64. The zero-order valence-electron chi connectivity index (χ0n) is 16.7. The number of hydrogen-bond acceptors (Lipinski definition) is 4. The Morgan fingerprint density at radius 3 is 2.69 bits per heavy atom. The van der Waals surface area contributed by atoms with E-state index >= 15 is 0 Å². The number of ether oxygens (including phenoxy) is 1. The van der Waals surface area contributed by atoms with Gasteiger partial charge in [-0.3, -0.25) is 4.79 Å². The minimum absolute atomic E-state index is 0.124. The number of pyridine rings is 1. The van der Waals surface area contributed by atoms with E-state index in [1.54, 1.807) is 0 Å². The summed E-state index contributed by atoms with van der Waals surface area (Å²) in [6, 6.07) is 14.1. The highest BCUT2D eigenvalue weighted by Crippen LogP contribution is 2.27. The van der Waals surface area contributed by atoms with Gasteiger partial charge in [0.2, 0.25) is 5.91 Å². The van der Waals surface area contributed by atoms with Crippen molar-refractivity contribution in [3.63, 3.8) is 0 Å². The van der Waals surface area contributed by atoms with Gasteiger partial charge in [0.1, 0.15) is 0 Å². The Morgan fingerprint density at radius 2 is 1.97 bits per heavy atom. The topological polar surface area (TPSA) is 42.4 Å². The molecule has 4 nitrogen and oxygen atoms in total. The molecule has 1 fully saturated rings. The van der Waals surface area contributed by atoms with E-state index in [1.165, 1.54) is 11.8 Å². The van der Waals surface area contributed by atoms with E-state index in [0.717, 1.165) is 27.4 Å². The molecule has 5 heteroatoms. The van der Waals surface area contributed by atoms with Crippen LogP contribution < -0.4 is 0 Å². The summed E-state index contributed by atoms with van der Waals surface area (Å²) < 4.78 is 5.33. The van der Waals surface area contributed by atoms with Gasteiger partial charge in [0.05, 0.1) is 29.7 Å². The number of carbonyl (C=O) groups excluding carboxylic acids is 1. The summed E-state index contributed by atoms with van der Waals surface area (Å²) in [5.41, 5.74) is 3.83. The van der Waals surface area contributed by atoms with Gasteiger partial charge in [0.25, 0.3) is 0 Å². The number of aromatic nitrogens is 1. The summed E-state index contributed by atoms with van der Waals surface area (Å²) in [4.78, 5) is 19.2. The normalized spacial score (nSPS) is 14.6. The molecule has 1 aromatic carbocycles. The molecule has 1 aliphatic heterocycles. The third-order valence-corrected chi connectivity index (χ3v) is 5.45. The van der Waals surface area contributed by atoms with Crippen LogP contribution in [0, 0.1) is 0 Å². The van der Waals surface area contributed by atoms with Crippen molar-refractivity contribution in [2.45, 2.75) is 11.9 Å². The first-order valence-electron chi connectivity index (χ1n) is 9.72. The van der Waals surface area contributed by atoms with E-state index < -0.39 is 0 Å². The van der Waals surface area contributed by atoms with Crippen LogP contribution in [0.15, 0.2) is 78.4 Å². The Labute approximate surface area is 177 Å². The van der Waals surface area contributed by atoms with Crippen molar-refractivity contribution in [3.8, 4) is 11.3 Å². The van der Waals surface area contributed by atoms with Gasteiger partial charge < -0.3 is 9.64 Å². The number of allylic oxidation sites excluding steroid dienone is 5. The van der Waals surface area contributed by atoms with Crippen LogP contribution in [-0.2, 0) is 9.53 Å². The molecule has 0 saturated carbocycles. The van der Waals surface area contributed by atoms with Crippen LogP contribution in [0.1, 0.15) is 12.5 Å². The van der Waals surface area contributed by atoms with Gasteiger partial charge in [-0.2, -0.15) is 0 Å². The average Bonchev–Trinajstić information content (AvgIpc) is 2.78. The maximum absolute atomic E-state index is 12.5. The van der Waals surface area contributed by atoms with Gasteiger partial charge >= 0.3 is 0 Å². The maximum atomic E-state index is 12.5. The molecular formula is C24H26N2O2S. The number of amides is 1. The molecule has 1 aliphatic rings. The summed E-state index contributed by atoms with van der Waals surface area (Å²) in [5, 5.41) is 0.823. The number of rotatable bonds is 7. The van der Waals surface area contributed by atoms with Crippen molar-refractivity contribution in [2.75, 3.05) is 32.1 Å². The third-order valence-electron chi connectivity index (χ3n) is 4.55. The van der Waals surface area contributed by atoms with Gasteiger partial charge in [-0.1, -0.05) is 73.0 Å². The van der Waals surface area contributed by atoms with Crippen molar-refractivity contribution in [1.82, 2.24) is 9.88 Å². The van der Waals surface area contributed by atoms with Crippen molar-refractivity contribution >= 4 is 23.2 Å². The molecule has 0 unspecified atom stereocenters. The molecule has 0 bridgehead atoms. The smallest absolute Gasteiger partial charge is 0.233 e. The van der Waals surface area contributed by atoms with Crippen molar-refractivity contribution in [2.24, 2.45) is 0 Å². The van der Waals surface area contributed by atoms with Crippen LogP contribution in [0.5, 0.6) is 0 Å². The van der Waals surface area contributed by atoms with Gasteiger partial charge in [-0.25, -0.2) is 4.98 Å². The predicted octanol–water partition coefficient (Wildman–Crippen LogP) is 4.85. The number of hydrogen-bond donors (Lipinski definition) is 0. The largest absolute Gasteiger partial charge is 0.378 e. The molecule has 29 heavy (non-hydrogen) atoms. The van der Waals surface area contributed by atoms with Crippen LogP contribution >= 0.6 is 11.8 Å². The summed E-state index contributed by atoms with van der Waals surface area (Å²) in [7, 11) is 0. The molecule has 1 aromatic heterocycles. The Kier molecular flexibility index (Phi) is 7.85. The molecule has 0 radical (unpaired) electrons. The SMILES string of the molecule is C=C(/C=C\C=C/C)c1cc(SCC(=O)N2CCOCC2)nc(-c2ccccc2)c1. The molecule has 2 heterocycles. The Bertz CT molecular complexity index is 900. The van der Waals surface area contributed by atoms with Crippen molar-refractivity contribution in [3.05, 3.63) is 78.9 Å². The minimum Gasteiger partial charge on any atom is -0.378 e. The average molecular weight is 407 g/mol. The highest BCUT2D eigenvalue weighted by atomic mass is 32.2. The summed E-state index contributed by atoms with van der Waals surface area (Å²) in [6.07, 6.45) is 7.91. The highest BCUT2D eigenvalue weighted by Gasteiger charge is 2.17. The Hall–Kier alpha value is -2.63. The summed E-state index contributed by atoms with van der Waals surface area (Å²) >= 11 is 1.47. The highest BCUT2D eigenvalue weighted by molar-refractivity contribution is 7.99. The number of nitrogens with zero attached hydrogens (tertiary/aromatic N) is 2. The van der Waals surface area contributed by atoms with Gasteiger partial charge in [0, 0.05) is 18.7 Å². The van der Waals surface area contributed by atoms with E-state index in [4.69, 9.17) is 9.72 Å². The Morgan fingerprint density at radius 1 is 1.21 bits per heavy atom. The lowest BCUT2D eigenvalue weighted by Crippen LogP contribution is -2.41. The molecule has 3 rings (SSSR count). The van der Waals surface area contributed by atoms with E-state index in [1.807, 2.05) is 78.6 Å². The molecule has 0 aliphatic carbocycles. The second-order valence-corrected chi connectivity index (χ2v) is 7.63. The fourth-order valence-corrected chi connectivity index (χ4v) is 3.77. The first-order valence-corrected chi connectivity index (χ1v) is 10.7. The standard InChI is InChI=1S/C24H26N2O2S/c1-3-4-6-9-19(2)21-16-22(20-10-7-5-8-11-20)25-23(17-21)29-18-24(27)26-12-14-28-15-13-26/h3-11,16-17H,2,12-15,18H2,1H3/b4-3-,9-6-. The summed E-state index contributed by atoms with van der Waals surface area (Å²) in [6.45, 7) is 8.72. The zero-order chi connectivity index (χ0) is 20.5.